The summed E-state index contributed by atoms with van der Waals surface area (Å²) in [6, 6.07) is 0. The van der Waals surface area contributed by atoms with Crippen molar-refractivity contribution in [2.45, 2.75) is 40.2 Å². The van der Waals surface area contributed by atoms with E-state index < -0.39 is 23.6 Å². The minimum absolute atomic E-state index is 0.0227. The van der Waals surface area contributed by atoms with Crippen LogP contribution >= 0.6 is 0 Å². The molecule has 0 aromatic rings. The third-order valence-electron chi connectivity index (χ3n) is 1.97. The van der Waals surface area contributed by atoms with Crippen LogP contribution in [0, 0.1) is 11.8 Å². The monoisotopic (exact) mass is 230 g/mol. The average molecular weight is 230 g/mol. The van der Waals surface area contributed by atoms with Crippen molar-refractivity contribution in [1.29, 1.82) is 0 Å². The van der Waals surface area contributed by atoms with Gasteiger partial charge < -0.3 is 20.0 Å². The molecule has 0 bridgehead atoms. The van der Waals surface area contributed by atoms with Crippen LogP contribution in [0.3, 0.4) is 0 Å². The molecule has 0 spiro atoms. The lowest BCUT2D eigenvalue weighted by atomic mass is 9.96. The SMILES string of the molecule is CC(C)[C@H](CNC(=O)OC(C)(C)C)C(=O)[O-]. The van der Waals surface area contributed by atoms with Crippen molar-refractivity contribution in [2.24, 2.45) is 11.8 Å². The highest BCUT2D eigenvalue weighted by atomic mass is 16.6. The fourth-order valence-corrected chi connectivity index (χ4v) is 1.10. The molecule has 0 aliphatic carbocycles. The molecule has 94 valence electrons. The Morgan fingerprint density at radius 2 is 1.81 bits per heavy atom. The van der Waals surface area contributed by atoms with Crippen molar-refractivity contribution in [3.8, 4) is 0 Å². The second-order valence-corrected chi connectivity index (χ2v) is 5.05. The molecule has 0 radical (unpaired) electrons. The highest BCUT2D eigenvalue weighted by molar-refractivity contribution is 5.71. The molecule has 0 aromatic carbocycles. The Labute approximate surface area is 96.2 Å². The Balaban J connectivity index is 4.12. The average Bonchev–Trinajstić information content (AvgIpc) is 1.98. The van der Waals surface area contributed by atoms with Gasteiger partial charge in [-0.3, -0.25) is 0 Å². The van der Waals surface area contributed by atoms with Gasteiger partial charge in [0.1, 0.15) is 5.60 Å². The summed E-state index contributed by atoms with van der Waals surface area (Å²) < 4.78 is 4.98. The maximum Gasteiger partial charge on any atom is 0.407 e. The first-order valence-corrected chi connectivity index (χ1v) is 5.31. The number of carbonyl (C=O) groups is 2. The van der Waals surface area contributed by atoms with Crippen LogP contribution in [0.1, 0.15) is 34.6 Å². The van der Waals surface area contributed by atoms with Gasteiger partial charge in [0, 0.05) is 18.4 Å². The van der Waals surface area contributed by atoms with Crippen molar-refractivity contribution in [3.05, 3.63) is 0 Å². The summed E-state index contributed by atoms with van der Waals surface area (Å²) in [5.74, 6) is -1.96. The standard InChI is InChI=1S/C11H21NO4/c1-7(2)8(9(13)14)6-12-10(15)16-11(3,4)5/h7-8H,6H2,1-5H3,(H,12,15)(H,13,14)/p-1/t8-/m0/s1. The van der Waals surface area contributed by atoms with Gasteiger partial charge in [-0.05, 0) is 26.7 Å². The molecule has 0 fully saturated rings. The number of carboxylic acids is 1. The van der Waals surface area contributed by atoms with Gasteiger partial charge in [0.05, 0.1) is 0 Å². The molecule has 0 heterocycles. The molecular formula is C11H20NO4-. The Morgan fingerprint density at radius 3 is 2.12 bits per heavy atom. The number of hydrogen-bond donors (Lipinski definition) is 1. The highest BCUT2D eigenvalue weighted by Crippen LogP contribution is 2.10. The van der Waals surface area contributed by atoms with E-state index in [4.69, 9.17) is 4.74 Å². The Hall–Kier alpha value is -1.26. The van der Waals surface area contributed by atoms with E-state index in [0.717, 1.165) is 0 Å². The highest BCUT2D eigenvalue weighted by Gasteiger charge is 2.19. The van der Waals surface area contributed by atoms with Gasteiger partial charge in [-0.25, -0.2) is 4.79 Å². The van der Waals surface area contributed by atoms with Crippen molar-refractivity contribution >= 4 is 12.1 Å². The van der Waals surface area contributed by atoms with E-state index in [1.54, 1.807) is 34.6 Å². The largest absolute Gasteiger partial charge is 0.550 e. The van der Waals surface area contributed by atoms with E-state index in [0.29, 0.717) is 0 Å². The molecule has 0 unspecified atom stereocenters. The van der Waals surface area contributed by atoms with Crippen molar-refractivity contribution < 1.29 is 19.4 Å². The summed E-state index contributed by atoms with van der Waals surface area (Å²) in [6.07, 6.45) is -0.612. The van der Waals surface area contributed by atoms with E-state index in [1.165, 1.54) is 0 Å². The zero-order chi connectivity index (χ0) is 12.9. The number of amides is 1. The molecule has 1 atom stereocenters. The number of hydrogen-bond acceptors (Lipinski definition) is 4. The van der Waals surface area contributed by atoms with Gasteiger partial charge >= 0.3 is 6.09 Å². The molecule has 0 rings (SSSR count). The molecule has 5 nitrogen and oxygen atoms in total. The van der Waals surface area contributed by atoms with E-state index in [-0.39, 0.29) is 12.5 Å². The summed E-state index contributed by atoms with van der Waals surface area (Å²) in [5, 5.41) is 13.2. The first kappa shape index (κ1) is 14.7. The zero-order valence-electron chi connectivity index (χ0n) is 10.5. The second kappa shape index (κ2) is 5.72. The molecule has 0 saturated carbocycles. The maximum atomic E-state index is 11.3. The molecule has 0 aromatic heterocycles. The number of alkyl carbamates (subject to hydrolysis) is 1. The van der Waals surface area contributed by atoms with Gasteiger partial charge in [0.2, 0.25) is 0 Å². The molecule has 0 aliphatic heterocycles. The van der Waals surface area contributed by atoms with E-state index in [9.17, 15) is 14.7 Å². The smallest absolute Gasteiger partial charge is 0.407 e. The minimum Gasteiger partial charge on any atom is -0.550 e. The third-order valence-corrected chi connectivity index (χ3v) is 1.97. The fourth-order valence-electron chi connectivity index (χ4n) is 1.10. The summed E-state index contributed by atoms with van der Waals surface area (Å²) in [5.41, 5.74) is -0.584. The Morgan fingerprint density at radius 1 is 1.31 bits per heavy atom. The van der Waals surface area contributed by atoms with Crippen LogP contribution < -0.4 is 10.4 Å². The molecule has 16 heavy (non-hydrogen) atoms. The van der Waals surface area contributed by atoms with E-state index >= 15 is 0 Å². The number of rotatable bonds is 4. The lowest BCUT2D eigenvalue weighted by molar-refractivity contribution is -0.312. The van der Waals surface area contributed by atoms with Crippen LogP contribution in [-0.2, 0) is 9.53 Å². The quantitative estimate of drug-likeness (QED) is 0.764. The van der Waals surface area contributed by atoms with Crippen molar-refractivity contribution in [3.63, 3.8) is 0 Å². The summed E-state index contributed by atoms with van der Waals surface area (Å²) in [7, 11) is 0. The summed E-state index contributed by atoms with van der Waals surface area (Å²) >= 11 is 0. The molecule has 1 amide bonds. The molecular weight excluding hydrogens is 210 g/mol. The second-order valence-electron chi connectivity index (χ2n) is 5.05. The van der Waals surface area contributed by atoms with Crippen LogP contribution in [0.15, 0.2) is 0 Å². The molecule has 0 aliphatic rings. The lowest BCUT2D eigenvalue weighted by Crippen LogP contribution is -2.43. The minimum atomic E-state index is -1.16. The van der Waals surface area contributed by atoms with E-state index in [1.807, 2.05) is 0 Å². The van der Waals surface area contributed by atoms with Crippen LogP contribution in [0.2, 0.25) is 0 Å². The zero-order valence-corrected chi connectivity index (χ0v) is 10.5. The van der Waals surface area contributed by atoms with Crippen LogP contribution in [-0.4, -0.2) is 24.2 Å². The Bertz CT molecular complexity index is 255. The number of carboxylic acid groups (broad SMARTS) is 1. The summed E-state index contributed by atoms with van der Waals surface area (Å²) in [4.78, 5) is 22.0. The molecule has 5 heteroatoms. The van der Waals surface area contributed by atoms with Gasteiger partial charge in [-0.15, -0.1) is 0 Å². The summed E-state index contributed by atoms with van der Waals surface area (Å²) in [6.45, 7) is 8.77. The first-order chi connectivity index (χ1) is 7.13. The maximum absolute atomic E-state index is 11.3. The lowest BCUT2D eigenvalue weighted by Gasteiger charge is -2.24. The van der Waals surface area contributed by atoms with E-state index in [2.05, 4.69) is 5.32 Å². The van der Waals surface area contributed by atoms with Gasteiger partial charge in [-0.1, -0.05) is 13.8 Å². The third kappa shape index (κ3) is 6.27. The molecule has 1 N–H and O–H groups in total. The number of nitrogens with one attached hydrogen (secondary N) is 1. The molecule has 0 saturated heterocycles. The van der Waals surface area contributed by atoms with Crippen LogP contribution in [0.5, 0.6) is 0 Å². The number of carbonyl (C=O) groups excluding carboxylic acids is 2. The fraction of sp³-hybridized carbons (Fsp3) is 0.818. The van der Waals surface area contributed by atoms with Crippen molar-refractivity contribution in [2.75, 3.05) is 6.54 Å². The normalized spacial score (nSPS) is 13.4. The Kier molecular flexibility index (Phi) is 5.27. The number of ether oxygens (including phenoxy) is 1. The van der Waals surface area contributed by atoms with Gasteiger partial charge in [0.25, 0.3) is 0 Å². The first-order valence-electron chi connectivity index (χ1n) is 5.31. The van der Waals surface area contributed by atoms with Crippen LogP contribution in [0.25, 0.3) is 0 Å². The predicted molar refractivity (Wildman–Crippen MR) is 57.6 cm³/mol. The number of aliphatic carboxylic acids is 1. The topological polar surface area (TPSA) is 78.5 Å². The van der Waals surface area contributed by atoms with Crippen LogP contribution in [0.4, 0.5) is 4.79 Å². The van der Waals surface area contributed by atoms with Crippen molar-refractivity contribution in [1.82, 2.24) is 5.32 Å². The van der Waals surface area contributed by atoms with Gasteiger partial charge in [-0.2, -0.15) is 0 Å². The predicted octanol–water partition coefficient (Wildman–Crippen LogP) is 0.533. The van der Waals surface area contributed by atoms with Gasteiger partial charge in [0.15, 0.2) is 0 Å².